The third-order valence-electron chi connectivity index (χ3n) is 3.70. The van der Waals surface area contributed by atoms with Gasteiger partial charge in [0.25, 0.3) is 0 Å². The van der Waals surface area contributed by atoms with Crippen LogP contribution in [0.2, 0.25) is 0 Å². The molecule has 17 heavy (non-hydrogen) atoms. The minimum Gasteiger partial charge on any atom is -0.330 e. The second-order valence-electron chi connectivity index (χ2n) is 5.04. The average molecular weight is 236 g/mol. The first-order chi connectivity index (χ1) is 8.29. The molecule has 96 valence electrons. The van der Waals surface area contributed by atoms with E-state index in [1.807, 2.05) is 17.9 Å². The van der Waals surface area contributed by atoms with E-state index in [2.05, 4.69) is 16.2 Å². The van der Waals surface area contributed by atoms with Crippen LogP contribution < -0.4 is 5.73 Å². The number of rotatable bonds is 5. The fraction of sp³-hybridized carbons (Fsp3) is 0.769. The summed E-state index contributed by atoms with van der Waals surface area (Å²) >= 11 is 0. The van der Waals surface area contributed by atoms with Crippen molar-refractivity contribution in [3.8, 4) is 0 Å². The molecule has 1 aliphatic heterocycles. The van der Waals surface area contributed by atoms with Crippen LogP contribution in [0.4, 0.5) is 0 Å². The van der Waals surface area contributed by atoms with Gasteiger partial charge in [0.05, 0.1) is 6.20 Å². The molecule has 1 aromatic rings. The standard InChI is InChI=1S/C13H24N4/c1-16-11-12(10-15-16)6-9-17-8-3-2-4-13(17)5-7-14/h10-11,13H,2-9,14H2,1H3. The van der Waals surface area contributed by atoms with Gasteiger partial charge in [-0.3, -0.25) is 4.68 Å². The van der Waals surface area contributed by atoms with Gasteiger partial charge in [0.1, 0.15) is 0 Å². The highest BCUT2D eigenvalue weighted by molar-refractivity contribution is 5.04. The van der Waals surface area contributed by atoms with Crippen molar-refractivity contribution in [2.75, 3.05) is 19.6 Å². The molecule has 1 saturated heterocycles. The van der Waals surface area contributed by atoms with Gasteiger partial charge in [-0.15, -0.1) is 0 Å². The highest BCUT2D eigenvalue weighted by atomic mass is 15.2. The van der Waals surface area contributed by atoms with Crippen molar-refractivity contribution >= 4 is 0 Å². The fourth-order valence-corrected chi connectivity index (χ4v) is 2.75. The van der Waals surface area contributed by atoms with Crippen LogP contribution in [0.25, 0.3) is 0 Å². The molecule has 4 nitrogen and oxygen atoms in total. The molecule has 0 bridgehead atoms. The number of aryl methyl sites for hydroxylation is 1. The first kappa shape index (κ1) is 12.6. The molecule has 0 saturated carbocycles. The monoisotopic (exact) mass is 236 g/mol. The Kier molecular flexibility index (Phi) is 4.57. The molecule has 0 aromatic carbocycles. The zero-order valence-corrected chi connectivity index (χ0v) is 10.8. The number of hydrogen-bond acceptors (Lipinski definition) is 3. The van der Waals surface area contributed by atoms with Gasteiger partial charge in [0.2, 0.25) is 0 Å². The molecule has 1 atom stereocenters. The Morgan fingerprint density at radius 1 is 1.47 bits per heavy atom. The smallest absolute Gasteiger partial charge is 0.0522 e. The summed E-state index contributed by atoms with van der Waals surface area (Å²) in [6.45, 7) is 3.20. The molecule has 0 aliphatic carbocycles. The van der Waals surface area contributed by atoms with E-state index in [0.717, 1.165) is 25.9 Å². The van der Waals surface area contributed by atoms with Crippen molar-refractivity contribution in [2.24, 2.45) is 12.8 Å². The molecule has 0 radical (unpaired) electrons. The van der Waals surface area contributed by atoms with Gasteiger partial charge < -0.3 is 10.6 Å². The molecule has 2 N–H and O–H groups in total. The lowest BCUT2D eigenvalue weighted by atomic mass is 9.99. The zero-order chi connectivity index (χ0) is 12.1. The summed E-state index contributed by atoms with van der Waals surface area (Å²) in [5.74, 6) is 0. The molecule has 1 unspecified atom stereocenters. The van der Waals surface area contributed by atoms with E-state index in [1.54, 1.807) is 0 Å². The Bertz CT molecular complexity index is 332. The lowest BCUT2D eigenvalue weighted by Crippen LogP contribution is -2.41. The third kappa shape index (κ3) is 3.54. The van der Waals surface area contributed by atoms with E-state index in [-0.39, 0.29) is 0 Å². The van der Waals surface area contributed by atoms with E-state index in [1.165, 1.54) is 31.4 Å². The summed E-state index contributed by atoms with van der Waals surface area (Å²) in [4.78, 5) is 2.61. The first-order valence-electron chi connectivity index (χ1n) is 6.71. The normalized spacial score (nSPS) is 21.9. The largest absolute Gasteiger partial charge is 0.330 e. The summed E-state index contributed by atoms with van der Waals surface area (Å²) in [7, 11) is 1.97. The molecule has 4 heteroatoms. The molecule has 2 heterocycles. The fourth-order valence-electron chi connectivity index (χ4n) is 2.75. The number of nitrogens with zero attached hydrogens (tertiary/aromatic N) is 3. The van der Waals surface area contributed by atoms with Crippen LogP contribution >= 0.6 is 0 Å². The first-order valence-corrected chi connectivity index (χ1v) is 6.71. The van der Waals surface area contributed by atoms with E-state index >= 15 is 0 Å². The van der Waals surface area contributed by atoms with Crippen molar-refractivity contribution in [1.29, 1.82) is 0 Å². The van der Waals surface area contributed by atoms with Crippen LogP contribution in [0, 0.1) is 0 Å². The maximum atomic E-state index is 5.69. The SMILES string of the molecule is Cn1cc(CCN2CCCCC2CCN)cn1. The molecule has 1 aromatic heterocycles. The second kappa shape index (κ2) is 6.17. The van der Waals surface area contributed by atoms with E-state index in [0.29, 0.717) is 6.04 Å². The molecule has 2 rings (SSSR count). The van der Waals surface area contributed by atoms with Crippen LogP contribution in [-0.4, -0.2) is 40.4 Å². The predicted molar refractivity (Wildman–Crippen MR) is 69.8 cm³/mol. The topological polar surface area (TPSA) is 47.1 Å². The summed E-state index contributed by atoms with van der Waals surface area (Å²) in [6.07, 6.45) is 10.4. The third-order valence-corrected chi connectivity index (χ3v) is 3.70. The second-order valence-corrected chi connectivity index (χ2v) is 5.04. The van der Waals surface area contributed by atoms with E-state index in [4.69, 9.17) is 5.73 Å². The van der Waals surface area contributed by atoms with Gasteiger partial charge in [-0.05, 0) is 44.3 Å². The van der Waals surface area contributed by atoms with Crippen LogP contribution in [0.15, 0.2) is 12.4 Å². The number of likely N-dealkylation sites (tertiary alicyclic amines) is 1. The number of hydrogen-bond donors (Lipinski definition) is 1. The van der Waals surface area contributed by atoms with Gasteiger partial charge >= 0.3 is 0 Å². The quantitative estimate of drug-likeness (QED) is 0.834. The van der Waals surface area contributed by atoms with Gasteiger partial charge in [0.15, 0.2) is 0 Å². The summed E-state index contributed by atoms with van der Waals surface area (Å²) in [6, 6.07) is 0.713. The summed E-state index contributed by atoms with van der Waals surface area (Å²) < 4.78 is 1.88. The average Bonchev–Trinajstić information content (AvgIpc) is 2.74. The lowest BCUT2D eigenvalue weighted by Gasteiger charge is -2.35. The minimum atomic E-state index is 0.713. The van der Waals surface area contributed by atoms with Crippen molar-refractivity contribution in [2.45, 2.75) is 38.1 Å². The minimum absolute atomic E-state index is 0.713. The van der Waals surface area contributed by atoms with Crippen LogP contribution in [0.1, 0.15) is 31.2 Å². The van der Waals surface area contributed by atoms with Gasteiger partial charge in [-0.1, -0.05) is 6.42 Å². The Hall–Kier alpha value is -0.870. The summed E-state index contributed by atoms with van der Waals surface area (Å²) in [5.41, 5.74) is 7.03. The number of piperidine rings is 1. The van der Waals surface area contributed by atoms with Crippen molar-refractivity contribution in [3.63, 3.8) is 0 Å². The molecule has 1 aliphatic rings. The Labute approximate surface area is 104 Å². The predicted octanol–water partition coefficient (Wildman–Crippen LogP) is 1.17. The van der Waals surface area contributed by atoms with Crippen molar-refractivity contribution in [3.05, 3.63) is 18.0 Å². The van der Waals surface area contributed by atoms with Gasteiger partial charge in [0, 0.05) is 25.8 Å². The Morgan fingerprint density at radius 2 is 2.35 bits per heavy atom. The molecular weight excluding hydrogens is 212 g/mol. The Morgan fingerprint density at radius 3 is 3.06 bits per heavy atom. The van der Waals surface area contributed by atoms with Crippen LogP contribution in [0.3, 0.4) is 0 Å². The van der Waals surface area contributed by atoms with Crippen LogP contribution in [-0.2, 0) is 13.5 Å². The summed E-state index contributed by atoms with van der Waals surface area (Å²) in [5, 5.41) is 4.21. The molecule has 1 fully saturated rings. The maximum absolute atomic E-state index is 5.69. The molecule has 0 spiro atoms. The maximum Gasteiger partial charge on any atom is 0.0522 e. The number of aromatic nitrogens is 2. The molecule has 0 amide bonds. The van der Waals surface area contributed by atoms with E-state index in [9.17, 15) is 0 Å². The van der Waals surface area contributed by atoms with Crippen molar-refractivity contribution < 1.29 is 0 Å². The van der Waals surface area contributed by atoms with E-state index < -0.39 is 0 Å². The van der Waals surface area contributed by atoms with Crippen LogP contribution in [0.5, 0.6) is 0 Å². The lowest BCUT2D eigenvalue weighted by molar-refractivity contribution is 0.144. The van der Waals surface area contributed by atoms with Gasteiger partial charge in [-0.2, -0.15) is 5.10 Å². The highest BCUT2D eigenvalue weighted by Crippen LogP contribution is 2.19. The zero-order valence-electron chi connectivity index (χ0n) is 10.8. The molecular formula is C13H24N4. The number of nitrogens with two attached hydrogens (primary N) is 1. The highest BCUT2D eigenvalue weighted by Gasteiger charge is 2.21. The van der Waals surface area contributed by atoms with Crippen molar-refractivity contribution in [1.82, 2.24) is 14.7 Å². The van der Waals surface area contributed by atoms with Gasteiger partial charge in [-0.25, -0.2) is 0 Å². The Balaban J connectivity index is 1.83.